The first kappa shape index (κ1) is 17.7. The standard InChI is InChI=1S/C20H20N2O4S/c1-2-25-20(24)17-14(12-8-9-12)11-27-19(17)21-18(23)16-10-15(22-26-16)13-6-4-3-5-7-13/h3-7,11-12,16H,2,8-10H2,1H3,(H,21,23). The van der Waals surface area contributed by atoms with Crippen molar-refractivity contribution in [1.82, 2.24) is 0 Å². The summed E-state index contributed by atoms with van der Waals surface area (Å²) in [7, 11) is 0. The first-order valence-corrected chi connectivity index (χ1v) is 9.92. The lowest BCUT2D eigenvalue weighted by atomic mass is 10.0. The van der Waals surface area contributed by atoms with Gasteiger partial charge < -0.3 is 14.9 Å². The molecule has 1 unspecified atom stereocenters. The molecule has 27 heavy (non-hydrogen) atoms. The Morgan fingerprint density at radius 3 is 2.78 bits per heavy atom. The van der Waals surface area contributed by atoms with Gasteiger partial charge in [0.05, 0.1) is 17.9 Å². The van der Waals surface area contributed by atoms with Crippen molar-refractivity contribution >= 4 is 33.9 Å². The topological polar surface area (TPSA) is 77.0 Å². The van der Waals surface area contributed by atoms with E-state index in [1.165, 1.54) is 11.3 Å². The molecule has 1 fully saturated rings. The SMILES string of the molecule is CCOC(=O)c1c(C2CC2)csc1NC(=O)C1CC(c2ccccc2)=NO1. The molecule has 7 heteroatoms. The highest BCUT2D eigenvalue weighted by Gasteiger charge is 2.34. The van der Waals surface area contributed by atoms with Crippen LogP contribution in [0.1, 0.15) is 53.6 Å². The number of anilines is 1. The van der Waals surface area contributed by atoms with Gasteiger partial charge in [-0.25, -0.2) is 4.79 Å². The molecule has 6 nitrogen and oxygen atoms in total. The molecule has 0 spiro atoms. The zero-order chi connectivity index (χ0) is 18.8. The van der Waals surface area contributed by atoms with E-state index in [0.717, 1.165) is 29.7 Å². The Hall–Kier alpha value is -2.67. The fourth-order valence-electron chi connectivity index (χ4n) is 3.08. The van der Waals surface area contributed by atoms with Crippen molar-refractivity contribution in [3.05, 3.63) is 52.4 Å². The molecule has 1 aromatic carbocycles. The molecule has 0 radical (unpaired) electrons. The number of benzene rings is 1. The summed E-state index contributed by atoms with van der Waals surface area (Å²) in [6.45, 7) is 2.07. The Balaban J connectivity index is 1.47. The molecule has 1 aromatic heterocycles. The minimum atomic E-state index is -0.707. The van der Waals surface area contributed by atoms with Gasteiger partial charge in [-0.3, -0.25) is 4.79 Å². The lowest BCUT2D eigenvalue weighted by Gasteiger charge is -2.11. The molecule has 140 valence electrons. The van der Waals surface area contributed by atoms with E-state index in [9.17, 15) is 9.59 Å². The minimum absolute atomic E-state index is 0.298. The van der Waals surface area contributed by atoms with Crippen LogP contribution < -0.4 is 5.32 Å². The van der Waals surface area contributed by atoms with Crippen LogP contribution in [0, 0.1) is 0 Å². The second-order valence-electron chi connectivity index (χ2n) is 6.58. The van der Waals surface area contributed by atoms with Crippen LogP contribution in [0.2, 0.25) is 0 Å². The molecule has 1 saturated carbocycles. The van der Waals surface area contributed by atoms with Crippen molar-refractivity contribution in [1.29, 1.82) is 0 Å². The van der Waals surface area contributed by atoms with Gasteiger partial charge >= 0.3 is 5.97 Å². The van der Waals surface area contributed by atoms with Crippen molar-refractivity contribution in [2.45, 2.75) is 38.2 Å². The second kappa shape index (κ2) is 7.52. The minimum Gasteiger partial charge on any atom is -0.462 e. The maximum atomic E-state index is 12.7. The summed E-state index contributed by atoms with van der Waals surface area (Å²) in [6.07, 6.45) is 1.82. The fourth-order valence-corrected chi connectivity index (χ4v) is 4.12. The average molecular weight is 384 g/mol. The molecule has 1 amide bonds. The molecule has 2 heterocycles. The van der Waals surface area contributed by atoms with Crippen LogP contribution in [0.4, 0.5) is 5.00 Å². The van der Waals surface area contributed by atoms with Crippen LogP contribution in [-0.2, 0) is 14.4 Å². The van der Waals surface area contributed by atoms with E-state index in [4.69, 9.17) is 9.57 Å². The van der Waals surface area contributed by atoms with E-state index < -0.39 is 6.10 Å². The number of nitrogens with zero attached hydrogens (tertiary/aromatic N) is 1. The largest absolute Gasteiger partial charge is 0.462 e. The van der Waals surface area contributed by atoms with Crippen molar-refractivity contribution in [3.8, 4) is 0 Å². The maximum Gasteiger partial charge on any atom is 0.341 e. The molecule has 1 atom stereocenters. The summed E-state index contributed by atoms with van der Waals surface area (Å²) in [4.78, 5) is 30.4. The second-order valence-corrected chi connectivity index (χ2v) is 7.46. The molecule has 4 rings (SSSR count). The number of ether oxygens (including phenoxy) is 1. The Morgan fingerprint density at radius 2 is 2.07 bits per heavy atom. The van der Waals surface area contributed by atoms with E-state index in [1.54, 1.807) is 6.92 Å². The average Bonchev–Trinajstić information content (AvgIpc) is 3.25. The van der Waals surface area contributed by atoms with E-state index >= 15 is 0 Å². The highest BCUT2D eigenvalue weighted by molar-refractivity contribution is 7.15. The highest BCUT2D eigenvalue weighted by Crippen LogP contribution is 2.46. The van der Waals surface area contributed by atoms with Gasteiger partial charge in [-0.05, 0) is 42.2 Å². The third-order valence-electron chi connectivity index (χ3n) is 4.62. The normalized spacial score (nSPS) is 18.6. The predicted octanol–water partition coefficient (Wildman–Crippen LogP) is 3.93. The molecule has 0 saturated heterocycles. The maximum absolute atomic E-state index is 12.7. The summed E-state index contributed by atoms with van der Waals surface area (Å²) < 4.78 is 5.19. The lowest BCUT2D eigenvalue weighted by Crippen LogP contribution is -2.28. The first-order chi connectivity index (χ1) is 13.2. The number of hydrogen-bond acceptors (Lipinski definition) is 6. The van der Waals surface area contributed by atoms with Crippen molar-refractivity contribution in [3.63, 3.8) is 0 Å². The van der Waals surface area contributed by atoms with E-state index in [2.05, 4.69) is 10.5 Å². The number of nitrogens with one attached hydrogen (secondary N) is 1. The summed E-state index contributed by atoms with van der Waals surface area (Å²) in [5.41, 5.74) is 3.14. The van der Waals surface area contributed by atoms with Crippen LogP contribution in [0.3, 0.4) is 0 Å². The van der Waals surface area contributed by atoms with E-state index in [1.807, 2.05) is 35.7 Å². The third-order valence-corrected chi connectivity index (χ3v) is 5.53. The number of thiophene rings is 1. The van der Waals surface area contributed by atoms with Crippen LogP contribution >= 0.6 is 11.3 Å². The zero-order valence-corrected chi connectivity index (χ0v) is 15.8. The summed E-state index contributed by atoms with van der Waals surface area (Å²) in [5.74, 6) is -0.300. The van der Waals surface area contributed by atoms with Gasteiger partial charge in [-0.1, -0.05) is 35.5 Å². The third kappa shape index (κ3) is 3.73. The Kier molecular flexibility index (Phi) is 4.94. The monoisotopic (exact) mass is 384 g/mol. The summed E-state index contributed by atoms with van der Waals surface area (Å²) in [6, 6.07) is 9.63. The molecule has 1 N–H and O–H groups in total. The van der Waals surface area contributed by atoms with Gasteiger partial charge in [0.15, 0.2) is 0 Å². The van der Waals surface area contributed by atoms with Gasteiger partial charge in [-0.2, -0.15) is 0 Å². The molecular formula is C20H20N2O4S. The molecular weight excluding hydrogens is 364 g/mol. The number of carbonyl (C=O) groups is 2. The number of oxime groups is 1. The number of hydrogen-bond donors (Lipinski definition) is 1. The zero-order valence-electron chi connectivity index (χ0n) is 14.9. The van der Waals surface area contributed by atoms with Gasteiger partial charge in [0.25, 0.3) is 5.91 Å². The molecule has 1 aliphatic carbocycles. The number of esters is 1. The Labute approximate surface area is 161 Å². The molecule has 0 bridgehead atoms. The summed E-state index contributed by atoms with van der Waals surface area (Å²) >= 11 is 1.36. The Morgan fingerprint density at radius 1 is 1.30 bits per heavy atom. The lowest BCUT2D eigenvalue weighted by molar-refractivity contribution is -0.125. The summed E-state index contributed by atoms with van der Waals surface area (Å²) in [5, 5.41) is 9.37. The quantitative estimate of drug-likeness (QED) is 0.766. The Bertz CT molecular complexity index is 887. The van der Waals surface area contributed by atoms with Crippen LogP contribution in [-0.4, -0.2) is 30.3 Å². The van der Waals surface area contributed by atoms with Gasteiger partial charge in [0.2, 0.25) is 6.10 Å². The number of carbonyl (C=O) groups excluding carboxylic acids is 2. The number of rotatable bonds is 6. The van der Waals surface area contributed by atoms with Crippen molar-refractivity contribution in [2.75, 3.05) is 11.9 Å². The predicted molar refractivity (Wildman–Crippen MR) is 103 cm³/mol. The van der Waals surface area contributed by atoms with E-state index in [-0.39, 0.29) is 11.9 Å². The van der Waals surface area contributed by atoms with Crippen LogP contribution in [0.5, 0.6) is 0 Å². The van der Waals surface area contributed by atoms with Gasteiger partial charge in [0.1, 0.15) is 5.00 Å². The fraction of sp³-hybridized carbons (Fsp3) is 0.350. The smallest absolute Gasteiger partial charge is 0.341 e. The first-order valence-electron chi connectivity index (χ1n) is 9.04. The van der Waals surface area contributed by atoms with Crippen molar-refractivity contribution < 1.29 is 19.2 Å². The number of amides is 1. The van der Waals surface area contributed by atoms with Gasteiger partial charge in [0, 0.05) is 6.42 Å². The van der Waals surface area contributed by atoms with Crippen molar-refractivity contribution in [2.24, 2.45) is 5.16 Å². The molecule has 2 aromatic rings. The molecule has 1 aliphatic heterocycles. The molecule has 2 aliphatic rings. The van der Waals surface area contributed by atoms with E-state index in [0.29, 0.717) is 29.5 Å². The van der Waals surface area contributed by atoms with Gasteiger partial charge in [-0.15, -0.1) is 11.3 Å². The van der Waals surface area contributed by atoms with Crippen LogP contribution in [0.15, 0.2) is 40.9 Å². The van der Waals surface area contributed by atoms with Crippen LogP contribution in [0.25, 0.3) is 0 Å². The highest BCUT2D eigenvalue weighted by atomic mass is 32.1.